The Hall–Kier alpha value is -3.13. The van der Waals surface area contributed by atoms with Crippen LogP contribution in [0.1, 0.15) is 53.8 Å². The van der Waals surface area contributed by atoms with Crippen LogP contribution in [0.5, 0.6) is 0 Å². The first-order valence-corrected chi connectivity index (χ1v) is 12.8. The molecule has 0 N–H and O–H groups in total. The number of rotatable bonds is 7. The molecular formula is C26H29N5O2S. The quantitative estimate of drug-likeness (QED) is 0.217. The lowest BCUT2D eigenvalue weighted by Gasteiger charge is -2.15. The van der Waals surface area contributed by atoms with Gasteiger partial charge in [-0.3, -0.25) is 18.6 Å². The highest BCUT2D eigenvalue weighted by Crippen LogP contribution is 2.25. The van der Waals surface area contributed by atoms with E-state index in [0.717, 1.165) is 35.4 Å². The van der Waals surface area contributed by atoms with E-state index < -0.39 is 0 Å². The molecule has 0 atom stereocenters. The van der Waals surface area contributed by atoms with Crippen molar-refractivity contribution in [1.29, 1.82) is 0 Å². The van der Waals surface area contributed by atoms with Crippen LogP contribution in [0.3, 0.4) is 0 Å². The summed E-state index contributed by atoms with van der Waals surface area (Å²) in [5, 5.41) is 9.71. The molecule has 3 heterocycles. The SMILES string of the molecule is Cc1cc(C(=O)CSc2nnc3n(C)c(=O)c4ccccc4n23)c(C)n1CCC1=CCCCC1. The molecule has 1 aromatic carbocycles. The van der Waals surface area contributed by atoms with E-state index in [9.17, 15) is 9.59 Å². The predicted molar refractivity (Wildman–Crippen MR) is 136 cm³/mol. The van der Waals surface area contributed by atoms with Crippen LogP contribution in [0.2, 0.25) is 0 Å². The van der Waals surface area contributed by atoms with Crippen molar-refractivity contribution in [1.82, 2.24) is 23.7 Å². The molecule has 4 aromatic rings. The first kappa shape index (κ1) is 22.7. The fraction of sp³-hybridized carbons (Fsp3) is 0.385. The van der Waals surface area contributed by atoms with Gasteiger partial charge in [0.2, 0.25) is 5.78 Å². The van der Waals surface area contributed by atoms with Crippen LogP contribution in [0, 0.1) is 13.8 Å². The van der Waals surface area contributed by atoms with Gasteiger partial charge in [0.15, 0.2) is 10.9 Å². The van der Waals surface area contributed by atoms with Crippen LogP contribution in [0.15, 0.2) is 51.9 Å². The standard InChI is InChI=1S/C26H29N5O2S/c1-17-15-21(18(2)30(17)14-13-19-9-5-4-6-10-19)23(32)16-34-26-28-27-25-29(3)24(33)20-11-7-8-12-22(20)31(25)26/h7-9,11-12,15H,4-6,10,13-14,16H2,1-3H3. The fourth-order valence-corrected chi connectivity index (χ4v) is 5.75. The second-order valence-corrected chi connectivity index (χ2v) is 9.95. The molecule has 1 aliphatic rings. The Labute approximate surface area is 202 Å². The second kappa shape index (κ2) is 9.25. The van der Waals surface area contributed by atoms with E-state index in [1.165, 1.54) is 42.0 Å². The third-order valence-electron chi connectivity index (χ3n) is 6.84. The maximum atomic E-state index is 13.2. The van der Waals surface area contributed by atoms with Crippen LogP contribution in [-0.2, 0) is 13.6 Å². The molecule has 0 saturated carbocycles. The molecule has 34 heavy (non-hydrogen) atoms. The maximum Gasteiger partial charge on any atom is 0.262 e. The molecule has 0 fully saturated rings. The van der Waals surface area contributed by atoms with Crippen LogP contribution in [0.4, 0.5) is 0 Å². The van der Waals surface area contributed by atoms with E-state index in [1.807, 2.05) is 35.6 Å². The van der Waals surface area contributed by atoms with Crippen LogP contribution in [-0.4, -0.2) is 35.3 Å². The third-order valence-corrected chi connectivity index (χ3v) is 7.77. The predicted octanol–water partition coefficient (Wildman–Crippen LogP) is 4.87. The molecule has 0 saturated heterocycles. The summed E-state index contributed by atoms with van der Waals surface area (Å²) in [7, 11) is 1.69. The number of fused-ring (bicyclic) bond motifs is 3. The van der Waals surface area contributed by atoms with Gasteiger partial charge in [0.25, 0.3) is 5.56 Å². The summed E-state index contributed by atoms with van der Waals surface area (Å²) in [5.41, 5.74) is 5.10. The lowest BCUT2D eigenvalue weighted by molar-refractivity contribution is 0.102. The Morgan fingerprint density at radius 1 is 1.15 bits per heavy atom. The van der Waals surface area contributed by atoms with E-state index >= 15 is 0 Å². The smallest absolute Gasteiger partial charge is 0.262 e. The largest absolute Gasteiger partial charge is 0.348 e. The molecule has 1 aliphatic carbocycles. The van der Waals surface area contributed by atoms with Crippen LogP contribution in [0.25, 0.3) is 16.7 Å². The summed E-state index contributed by atoms with van der Waals surface area (Å²) in [5.74, 6) is 0.800. The van der Waals surface area contributed by atoms with Gasteiger partial charge in [-0.05, 0) is 64.2 Å². The number of nitrogens with zero attached hydrogens (tertiary/aromatic N) is 5. The summed E-state index contributed by atoms with van der Waals surface area (Å²) < 4.78 is 5.62. The van der Waals surface area contributed by atoms with Crippen molar-refractivity contribution in [3.05, 3.63) is 69.3 Å². The summed E-state index contributed by atoms with van der Waals surface area (Å²) in [6.45, 7) is 5.03. The number of thioether (sulfide) groups is 1. The van der Waals surface area contributed by atoms with E-state index in [4.69, 9.17) is 0 Å². The lowest BCUT2D eigenvalue weighted by atomic mass is 9.97. The van der Waals surface area contributed by atoms with E-state index in [2.05, 4.69) is 27.8 Å². The number of ketones is 1. The van der Waals surface area contributed by atoms with Crippen molar-refractivity contribution in [3.63, 3.8) is 0 Å². The Kier molecular flexibility index (Phi) is 6.16. The van der Waals surface area contributed by atoms with Gasteiger partial charge in [-0.15, -0.1) is 10.2 Å². The minimum atomic E-state index is -0.112. The zero-order chi connectivity index (χ0) is 23.8. The minimum absolute atomic E-state index is 0.0760. The fourth-order valence-electron chi connectivity index (χ4n) is 4.93. The second-order valence-electron chi connectivity index (χ2n) is 9.01. The number of hydrogen-bond donors (Lipinski definition) is 0. The third kappa shape index (κ3) is 4.00. The van der Waals surface area contributed by atoms with Crippen molar-refractivity contribution in [2.45, 2.75) is 57.7 Å². The van der Waals surface area contributed by atoms with E-state index in [-0.39, 0.29) is 17.1 Å². The van der Waals surface area contributed by atoms with Crippen molar-refractivity contribution >= 4 is 34.2 Å². The molecule has 0 unspecified atom stereocenters. The summed E-state index contributed by atoms with van der Waals surface area (Å²) in [4.78, 5) is 25.8. The number of carbonyl (C=O) groups is 1. The minimum Gasteiger partial charge on any atom is -0.348 e. The molecular weight excluding hydrogens is 446 g/mol. The number of aryl methyl sites for hydroxylation is 2. The van der Waals surface area contributed by atoms with Gasteiger partial charge in [0.05, 0.1) is 16.7 Å². The molecule has 3 aromatic heterocycles. The van der Waals surface area contributed by atoms with Crippen LogP contribution < -0.4 is 5.56 Å². The summed E-state index contributed by atoms with van der Waals surface area (Å²) >= 11 is 1.35. The summed E-state index contributed by atoms with van der Waals surface area (Å²) in [6, 6.07) is 9.42. The zero-order valence-corrected chi connectivity index (χ0v) is 20.7. The zero-order valence-electron chi connectivity index (χ0n) is 19.9. The number of benzene rings is 1. The van der Waals surface area contributed by atoms with Crippen molar-refractivity contribution in [2.75, 3.05) is 5.75 Å². The van der Waals surface area contributed by atoms with Gasteiger partial charge in [0, 0.05) is 30.5 Å². The number of aromatic nitrogens is 5. The number of carbonyl (C=O) groups excluding carboxylic acids is 1. The Balaban J connectivity index is 1.37. The highest BCUT2D eigenvalue weighted by molar-refractivity contribution is 7.99. The van der Waals surface area contributed by atoms with E-state index in [1.54, 1.807) is 18.7 Å². The number of Topliss-reactive ketones (excluding diaryl/α,β-unsaturated/α-hetero) is 1. The van der Waals surface area contributed by atoms with Crippen molar-refractivity contribution in [2.24, 2.45) is 7.05 Å². The maximum absolute atomic E-state index is 13.2. The lowest BCUT2D eigenvalue weighted by Crippen LogP contribution is -2.20. The number of para-hydroxylation sites is 1. The number of allylic oxidation sites excluding steroid dienone is 2. The van der Waals surface area contributed by atoms with Gasteiger partial charge in [-0.25, -0.2) is 0 Å². The van der Waals surface area contributed by atoms with E-state index in [0.29, 0.717) is 16.3 Å². The summed E-state index contributed by atoms with van der Waals surface area (Å²) in [6.07, 6.45) is 8.43. The molecule has 176 valence electrons. The Morgan fingerprint density at radius 3 is 2.76 bits per heavy atom. The Morgan fingerprint density at radius 2 is 1.97 bits per heavy atom. The van der Waals surface area contributed by atoms with Gasteiger partial charge < -0.3 is 4.57 Å². The Bertz CT molecular complexity index is 1490. The normalized spacial score (nSPS) is 14.1. The van der Waals surface area contributed by atoms with Crippen LogP contribution >= 0.6 is 11.8 Å². The average molecular weight is 476 g/mol. The molecule has 0 spiro atoms. The van der Waals surface area contributed by atoms with Crippen molar-refractivity contribution in [3.8, 4) is 0 Å². The molecule has 5 rings (SSSR count). The monoisotopic (exact) mass is 475 g/mol. The molecule has 0 amide bonds. The first-order valence-electron chi connectivity index (χ1n) is 11.8. The highest BCUT2D eigenvalue weighted by Gasteiger charge is 2.19. The first-order chi connectivity index (χ1) is 16.5. The van der Waals surface area contributed by atoms with Gasteiger partial charge in [0.1, 0.15) is 0 Å². The average Bonchev–Trinajstić information content (AvgIpc) is 3.41. The molecule has 0 radical (unpaired) electrons. The molecule has 8 heteroatoms. The molecule has 0 bridgehead atoms. The van der Waals surface area contributed by atoms with Gasteiger partial charge in [-0.1, -0.05) is 35.5 Å². The van der Waals surface area contributed by atoms with Gasteiger partial charge >= 0.3 is 0 Å². The molecule has 0 aliphatic heterocycles. The van der Waals surface area contributed by atoms with Crippen molar-refractivity contribution < 1.29 is 4.79 Å². The molecule has 7 nitrogen and oxygen atoms in total. The van der Waals surface area contributed by atoms with Gasteiger partial charge in [-0.2, -0.15) is 0 Å². The number of hydrogen-bond acceptors (Lipinski definition) is 5. The topological polar surface area (TPSA) is 74.2 Å². The highest BCUT2D eigenvalue weighted by atomic mass is 32.2.